The van der Waals surface area contributed by atoms with Crippen molar-refractivity contribution in [2.24, 2.45) is 0 Å². The lowest BCUT2D eigenvalue weighted by Gasteiger charge is -2.21. The molecule has 0 heterocycles. The van der Waals surface area contributed by atoms with E-state index in [4.69, 9.17) is 5.26 Å². The van der Waals surface area contributed by atoms with E-state index in [0.29, 0.717) is 23.0 Å². The molecule has 1 aromatic carbocycles. The zero-order chi connectivity index (χ0) is 13.1. The van der Waals surface area contributed by atoms with Crippen LogP contribution in [0.2, 0.25) is 0 Å². The van der Waals surface area contributed by atoms with Gasteiger partial charge in [-0.05, 0) is 47.0 Å². The molecule has 3 nitrogen and oxygen atoms in total. The van der Waals surface area contributed by atoms with Crippen LogP contribution in [-0.2, 0) is 0 Å². The summed E-state index contributed by atoms with van der Waals surface area (Å²) in [7, 11) is 0. The van der Waals surface area contributed by atoms with Crippen LogP contribution >= 0.6 is 15.9 Å². The number of nitrogens with zero attached hydrogens (tertiary/aromatic N) is 2. The van der Waals surface area contributed by atoms with Gasteiger partial charge in [0.1, 0.15) is 5.82 Å². The van der Waals surface area contributed by atoms with Crippen molar-refractivity contribution in [3.8, 4) is 6.07 Å². The highest BCUT2D eigenvalue weighted by Crippen LogP contribution is 2.30. The highest BCUT2D eigenvalue weighted by molar-refractivity contribution is 9.10. The van der Waals surface area contributed by atoms with E-state index in [1.807, 2.05) is 6.07 Å². The minimum atomic E-state index is -0.381. The molecular formula is C13H12BrFN2O. The quantitative estimate of drug-likeness (QED) is 0.857. The largest absolute Gasteiger partial charge is 0.335 e. The van der Waals surface area contributed by atoms with Gasteiger partial charge < -0.3 is 4.90 Å². The van der Waals surface area contributed by atoms with E-state index in [-0.39, 0.29) is 17.8 Å². The predicted octanol–water partition coefficient (Wildman–Crippen LogP) is 3.11. The number of hydrogen-bond acceptors (Lipinski definition) is 2. The first-order valence-corrected chi connectivity index (χ1v) is 6.55. The van der Waals surface area contributed by atoms with Crippen molar-refractivity contribution < 1.29 is 9.18 Å². The minimum Gasteiger partial charge on any atom is -0.335 e. The number of amides is 1. The number of rotatable bonds is 4. The molecule has 1 fully saturated rings. The summed E-state index contributed by atoms with van der Waals surface area (Å²) in [5.74, 6) is -0.520. The maximum Gasteiger partial charge on any atom is 0.255 e. The first kappa shape index (κ1) is 13.0. The first-order valence-electron chi connectivity index (χ1n) is 5.76. The summed E-state index contributed by atoms with van der Waals surface area (Å²) >= 11 is 3.20. The minimum absolute atomic E-state index is 0.139. The van der Waals surface area contributed by atoms with Crippen molar-refractivity contribution in [2.75, 3.05) is 6.54 Å². The second-order valence-electron chi connectivity index (χ2n) is 4.26. The smallest absolute Gasteiger partial charge is 0.255 e. The Morgan fingerprint density at radius 3 is 2.83 bits per heavy atom. The highest BCUT2D eigenvalue weighted by atomic mass is 79.9. The Bertz CT molecular complexity index is 508. The van der Waals surface area contributed by atoms with Gasteiger partial charge in [-0.25, -0.2) is 4.39 Å². The zero-order valence-corrected chi connectivity index (χ0v) is 11.3. The van der Waals surface area contributed by atoms with Crippen LogP contribution in [0, 0.1) is 17.1 Å². The molecule has 18 heavy (non-hydrogen) atoms. The fraction of sp³-hybridized carbons (Fsp3) is 0.385. The molecule has 0 N–H and O–H groups in total. The summed E-state index contributed by atoms with van der Waals surface area (Å²) in [5, 5.41) is 8.61. The average Bonchev–Trinajstić information content (AvgIpc) is 3.13. The van der Waals surface area contributed by atoms with Gasteiger partial charge in [-0.3, -0.25) is 4.79 Å². The van der Waals surface area contributed by atoms with Crippen LogP contribution in [0.5, 0.6) is 0 Å². The summed E-state index contributed by atoms with van der Waals surface area (Å²) in [6.45, 7) is 0.434. The van der Waals surface area contributed by atoms with Gasteiger partial charge in [0.25, 0.3) is 5.91 Å². The van der Waals surface area contributed by atoms with Crippen molar-refractivity contribution in [3.63, 3.8) is 0 Å². The van der Waals surface area contributed by atoms with Crippen LogP contribution in [-0.4, -0.2) is 23.4 Å². The Morgan fingerprint density at radius 2 is 2.28 bits per heavy atom. The monoisotopic (exact) mass is 310 g/mol. The molecule has 0 radical (unpaired) electrons. The van der Waals surface area contributed by atoms with E-state index in [2.05, 4.69) is 15.9 Å². The second-order valence-corrected chi connectivity index (χ2v) is 5.12. The van der Waals surface area contributed by atoms with Crippen LogP contribution in [0.25, 0.3) is 0 Å². The van der Waals surface area contributed by atoms with E-state index >= 15 is 0 Å². The predicted molar refractivity (Wildman–Crippen MR) is 68.4 cm³/mol. The zero-order valence-electron chi connectivity index (χ0n) is 9.70. The van der Waals surface area contributed by atoms with Crippen molar-refractivity contribution in [3.05, 3.63) is 34.1 Å². The lowest BCUT2D eigenvalue weighted by atomic mass is 10.2. The summed E-state index contributed by atoms with van der Waals surface area (Å²) in [6.07, 6.45) is 2.28. The Morgan fingerprint density at radius 1 is 1.56 bits per heavy atom. The summed E-state index contributed by atoms with van der Waals surface area (Å²) < 4.78 is 13.4. The van der Waals surface area contributed by atoms with Gasteiger partial charge in [0.05, 0.1) is 18.1 Å². The van der Waals surface area contributed by atoms with Crippen molar-refractivity contribution in [2.45, 2.75) is 25.3 Å². The molecule has 1 saturated carbocycles. The molecule has 0 spiro atoms. The molecule has 2 rings (SSSR count). The normalized spacial score (nSPS) is 14.1. The number of nitriles is 1. The Labute approximate surface area is 113 Å². The number of carbonyl (C=O) groups is 1. The lowest BCUT2D eigenvalue weighted by molar-refractivity contribution is 0.0746. The molecule has 0 unspecified atom stereocenters. The lowest BCUT2D eigenvalue weighted by Crippen LogP contribution is -2.34. The number of benzene rings is 1. The molecule has 0 aromatic heterocycles. The van der Waals surface area contributed by atoms with Gasteiger partial charge in [-0.1, -0.05) is 0 Å². The molecule has 94 valence electrons. The molecule has 0 atom stereocenters. The standard InChI is InChI=1S/C13H12BrFN2O/c14-12-8-9(15)2-5-11(12)13(18)17(7-1-6-16)10-3-4-10/h2,5,8,10H,1,3-4,7H2. The van der Waals surface area contributed by atoms with Crippen LogP contribution in [0.15, 0.2) is 22.7 Å². The van der Waals surface area contributed by atoms with Crippen molar-refractivity contribution in [1.29, 1.82) is 5.26 Å². The van der Waals surface area contributed by atoms with Gasteiger partial charge in [-0.15, -0.1) is 0 Å². The molecule has 0 bridgehead atoms. The van der Waals surface area contributed by atoms with Crippen molar-refractivity contribution in [1.82, 2.24) is 4.90 Å². The number of halogens is 2. The fourth-order valence-corrected chi connectivity index (χ4v) is 2.34. The van der Waals surface area contributed by atoms with E-state index < -0.39 is 0 Å². The molecule has 0 saturated heterocycles. The molecule has 1 amide bonds. The SMILES string of the molecule is N#CCCN(C(=O)c1ccc(F)cc1Br)C1CC1. The third kappa shape index (κ3) is 2.88. The van der Waals surface area contributed by atoms with Crippen LogP contribution in [0.1, 0.15) is 29.6 Å². The molecular weight excluding hydrogens is 299 g/mol. The maximum absolute atomic E-state index is 13.0. The molecule has 1 aliphatic rings. The summed E-state index contributed by atoms with van der Waals surface area (Å²) in [5.41, 5.74) is 0.446. The van der Waals surface area contributed by atoms with Gasteiger partial charge in [0.15, 0.2) is 0 Å². The fourth-order valence-electron chi connectivity index (χ4n) is 1.82. The average molecular weight is 311 g/mol. The second kappa shape index (κ2) is 5.49. The Hall–Kier alpha value is -1.41. The van der Waals surface area contributed by atoms with Gasteiger partial charge in [-0.2, -0.15) is 5.26 Å². The van der Waals surface area contributed by atoms with Gasteiger partial charge >= 0.3 is 0 Å². The highest BCUT2D eigenvalue weighted by Gasteiger charge is 2.33. The van der Waals surface area contributed by atoms with Crippen molar-refractivity contribution >= 4 is 21.8 Å². The molecule has 5 heteroatoms. The van der Waals surface area contributed by atoms with Crippen LogP contribution < -0.4 is 0 Å². The maximum atomic E-state index is 13.0. The van der Waals surface area contributed by atoms with E-state index in [9.17, 15) is 9.18 Å². The third-order valence-corrected chi connectivity index (χ3v) is 3.53. The van der Waals surface area contributed by atoms with Gasteiger partial charge in [0, 0.05) is 17.1 Å². The number of carbonyl (C=O) groups excluding carboxylic acids is 1. The van der Waals surface area contributed by atoms with Crippen LogP contribution in [0.3, 0.4) is 0 Å². The topological polar surface area (TPSA) is 44.1 Å². The first-order chi connectivity index (χ1) is 8.63. The summed E-state index contributed by atoms with van der Waals surface area (Å²) in [4.78, 5) is 14.0. The molecule has 1 aromatic rings. The Balaban J connectivity index is 2.19. The Kier molecular flexibility index (Phi) is 3.97. The van der Waals surface area contributed by atoms with E-state index in [1.165, 1.54) is 18.2 Å². The summed E-state index contributed by atoms with van der Waals surface area (Å²) in [6, 6.07) is 6.31. The van der Waals surface area contributed by atoms with E-state index in [1.54, 1.807) is 4.90 Å². The van der Waals surface area contributed by atoms with E-state index in [0.717, 1.165) is 12.8 Å². The van der Waals surface area contributed by atoms with Gasteiger partial charge in [0.2, 0.25) is 0 Å². The molecule has 0 aliphatic heterocycles. The van der Waals surface area contributed by atoms with Crippen LogP contribution in [0.4, 0.5) is 4.39 Å². The number of hydrogen-bond donors (Lipinski definition) is 0. The third-order valence-electron chi connectivity index (χ3n) is 2.87. The molecule has 1 aliphatic carbocycles.